The second-order valence-electron chi connectivity index (χ2n) is 0.823. The predicted molar refractivity (Wildman–Crippen MR) is 29.6 cm³/mol. The Labute approximate surface area is 53.8 Å². The topological polar surface area (TPSA) is 93.2 Å². The molecule has 0 atom stereocenters. The molecule has 0 bridgehead atoms. The van der Waals surface area contributed by atoms with Gasteiger partial charge in [0.25, 0.3) is 0 Å². The minimum atomic E-state index is -0.706. The van der Waals surface area contributed by atoms with Gasteiger partial charge in [-0.25, -0.2) is 15.0 Å². The summed E-state index contributed by atoms with van der Waals surface area (Å²) in [6, 6.07) is 0. The summed E-state index contributed by atoms with van der Waals surface area (Å²) in [5.41, 5.74) is 1.55. The first-order valence-corrected chi connectivity index (χ1v) is 2.11. The van der Waals surface area contributed by atoms with Gasteiger partial charge in [0.2, 0.25) is 6.08 Å². The zero-order chi connectivity index (χ0) is 8.41. The number of hydrogen-bond acceptors (Lipinski definition) is 4. The highest BCUT2D eigenvalue weighted by Crippen LogP contribution is 1.66. The highest BCUT2D eigenvalue weighted by molar-refractivity contribution is 5.64. The van der Waals surface area contributed by atoms with E-state index in [4.69, 9.17) is 11.6 Å². The highest BCUT2D eigenvalue weighted by atomic mass is 16.5. The average Bonchev–Trinajstić information content (AvgIpc) is 1.90. The van der Waals surface area contributed by atoms with Gasteiger partial charge < -0.3 is 10.5 Å². The third-order valence-corrected chi connectivity index (χ3v) is 0.275. The number of nitrogens with two attached hydrogens (primary N) is 1. The van der Waals surface area contributed by atoms with Crippen LogP contribution in [0, 0.1) is 5.41 Å². The lowest BCUT2D eigenvalue weighted by atomic mass is 10.9. The van der Waals surface area contributed by atoms with E-state index < -0.39 is 6.09 Å². The minimum absolute atomic E-state index is 0.310. The number of ether oxygens (including phenoxy) is 1. The minimum Gasteiger partial charge on any atom is -0.450 e. The van der Waals surface area contributed by atoms with Gasteiger partial charge in [0, 0.05) is 0 Å². The van der Waals surface area contributed by atoms with Gasteiger partial charge >= 0.3 is 6.09 Å². The van der Waals surface area contributed by atoms with Gasteiger partial charge in [-0.2, -0.15) is 0 Å². The molecule has 0 unspecified atom stereocenters. The predicted octanol–water partition coefficient (Wildman–Crippen LogP) is 0.00257. The normalized spacial score (nSPS) is 7.00. The Hall–Kier alpha value is -1.35. The number of carbonyl (C=O) groups excluding carboxylic acids is 2. The van der Waals surface area contributed by atoms with Crippen molar-refractivity contribution < 1.29 is 15.7 Å². The Morgan fingerprint density at radius 2 is 2.56 bits per heavy atom. The summed E-state index contributed by atoms with van der Waals surface area (Å²) >= 11 is 0. The molecule has 0 saturated heterocycles. The van der Waals surface area contributed by atoms with Crippen LogP contribution >= 0.6 is 0 Å². The molecule has 0 aliphatic rings. The molecular weight excluding hydrogens is 124 g/mol. The van der Waals surface area contributed by atoms with Crippen LogP contribution in [0.15, 0.2) is 0 Å². The molecule has 0 aliphatic carbocycles. The van der Waals surface area contributed by atoms with Crippen LogP contribution in [0.1, 0.15) is 6.92 Å². The van der Waals surface area contributed by atoms with E-state index in [1.165, 1.54) is 0 Å². The van der Waals surface area contributed by atoms with Crippen LogP contribution in [0.25, 0.3) is 0 Å². The van der Waals surface area contributed by atoms with E-state index in [0.29, 0.717) is 6.61 Å². The van der Waals surface area contributed by atoms with Crippen LogP contribution in [0.2, 0.25) is 1.41 Å². The number of rotatable bonds is 1. The van der Waals surface area contributed by atoms with Crippen molar-refractivity contribution in [3.8, 4) is 0 Å². The first-order valence-electron chi connectivity index (χ1n) is 2.61. The second kappa shape index (κ2) is 9.82. The summed E-state index contributed by atoms with van der Waals surface area (Å²) in [4.78, 5) is 18.2. The van der Waals surface area contributed by atoms with Crippen molar-refractivity contribution in [1.29, 1.82) is 5.41 Å². The maximum absolute atomic E-state index is 9.89. The fourth-order valence-electron chi connectivity index (χ4n) is 0.131. The van der Waals surface area contributed by atoms with Gasteiger partial charge in [-0.15, -0.1) is 0 Å². The number of primary amides is 1. The van der Waals surface area contributed by atoms with E-state index in [9.17, 15) is 4.79 Å². The van der Waals surface area contributed by atoms with E-state index in [1.807, 2.05) is 0 Å². The van der Waals surface area contributed by atoms with E-state index in [0.717, 1.165) is 6.08 Å². The van der Waals surface area contributed by atoms with E-state index >= 15 is 0 Å². The lowest BCUT2D eigenvalue weighted by molar-refractivity contribution is 0.163. The molecule has 0 saturated carbocycles. The summed E-state index contributed by atoms with van der Waals surface area (Å²) in [6.07, 6.45) is 0.0440. The largest absolute Gasteiger partial charge is 0.450 e. The monoisotopic (exact) mass is 133 g/mol. The Kier molecular flexibility index (Phi) is 8.35. The molecule has 52 valence electrons. The zero-order valence-electron chi connectivity index (χ0n) is 5.93. The van der Waals surface area contributed by atoms with Gasteiger partial charge in [-0.05, 0) is 6.92 Å². The Morgan fingerprint density at radius 1 is 2.11 bits per heavy atom. The lowest BCUT2D eigenvalue weighted by Gasteiger charge is -1.89. The summed E-state index contributed by atoms with van der Waals surface area (Å²) in [6.45, 7) is 1.99. The number of nitrogens with one attached hydrogen (secondary N) is 1. The zero-order valence-corrected chi connectivity index (χ0v) is 4.93. The van der Waals surface area contributed by atoms with E-state index in [-0.39, 0.29) is 0 Å². The molecule has 0 aromatic heterocycles. The second-order valence-corrected chi connectivity index (χ2v) is 0.823. The number of isocyanates is 1. The first-order chi connectivity index (χ1) is 4.72. The Morgan fingerprint density at radius 3 is 2.67 bits per heavy atom. The Balaban J connectivity index is 0. The first kappa shape index (κ1) is 7.65. The summed E-state index contributed by atoms with van der Waals surface area (Å²) in [7, 11) is 0. The van der Waals surface area contributed by atoms with Crippen LogP contribution in [0.3, 0.4) is 0 Å². The number of carbonyl (C=O) groups is 1. The molecule has 5 nitrogen and oxygen atoms in total. The maximum Gasteiger partial charge on any atom is 0.404 e. The average molecular weight is 133 g/mol. The van der Waals surface area contributed by atoms with Crippen LogP contribution in [-0.4, -0.2) is 18.8 Å². The van der Waals surface area contributed by atoms with Crippen molar-refractivity contribution in [1.82, 2.24) is 0 Å². The Bertz CT molecular complexity index is 122. The van der Waals surface area contributed by atoms with Crippen molar-refractivity contribution >= 4 is 12.2 Å². The van der Waals surface area contributed by atoms with Crippen LogP contribution < -0.4 is 5.73 Å². The van der Waals surface area contributed by atoms with Crippen molar-refractivity contribution in [3.05, 3.63) is 0 Å². The van der Waals surface area contributed by atoms with Crippen LogP contribution in [-0.2, 0) is 9.53 Å². The van der Waals surface area contributed by atoms with E-state index in [1.54, 1.807) is 12.7 Å². The SMILES string of the molecule is N=C=O.[2H]NC(=O)OCC. The van der Waals surface area contributed by atoms with Crippen molar-refractivity contribution in [3.63, 3.8) is 0 Å². The lowest BCUT2D eigenvalue weighted by Crippen LogP contribution is -2.11. The maximum atomic E-state index is 9.89. The molecule has 0 aromatic rings. The van der Waals surface area contributed by atoms with Gasteiger partial charge in [0.1, 0.15) is 0 Å². The molecule has 9 heavy (non-hydrogen) atoms. The molecular formula is C4H8N2O3. The molecule has 0 rings (SSSR count). The van der Waals surface area contributed by atoms with Crippen molar-refractivity contribution in [2.24, 2.45) is 5.73 Å². The summed E-state index contributed by atoms with van der Waals surface area (Å²) in [5.74, 6) is 0. The van der Waals surface area contributed by atoms with Crippen LogP contribution in [0.4, 0.5) is 4.79 Å². The fraction of sp³-hybridized carbons (Fsp3) is 0.500. The molecule has 5 heteroatoms. The van der Waals surface area contributed by atoms with Crippen molar-refractivity contribution in [2.45, 2.75) is 6.92 Å². The fourth-order valence-corrected chi connectivity index (χ4v) is 0.131. The third kappa shape index (κ3) is 52.8. The third-order valence-electron chi connectivity index (χ3n) is 0.275. The standard InChI is InChI=1S/C3H7NO2.CHNO/c1-2-6-3(4)5;2-1-3/h2H2,1H3,(H2,4,5);2H/i/hD. The molecule has 1 amide bonds. The molecule has 3 N–H and O–H groups in total. The molecule has 0 aliphatic heterocycles. The molecule has 0 aromatic carbocycles. The molecule has 0 heterocycles. The number of hydrogen-bond donors (Lipinski definition) is 2. The molecule has 0 radical (unpaired) electrons. The summed E-state index contributed by atoms with van der Waals surface area (Å²) < 4.78 is 10.4. The van der Waals surface area contributed by atoms with Crippen molar-refractivity contribution in [2.75, 3.05) is 6.61 Å². The van der Waals surface area contributed by atoms with Gasteiger partial charge in [0.05, 0.1) is 6.61 Å². The number of amides is 1. The quantitative estimate of drug-likeness (QED) is 0.389. The molecule has 0 fully saturated rings. The summed E-state index contributed by atoms with van der Waals surface area (Å²) in [5, 5.41) is 5.40. The highest BCUT2D eigenvalue weighted by Gasteiger charge is 1.82. The van der Waals surface area contributed by atoms with E-state index in [2.05, 4.69) is 4.74 Å². The smallest absolute Gasteiger partial charge is 0.404 e. The van der Waals surface area contributed by atoms with Gasteiger partial charge in [-0.3, -0.25) is 0 Å². The molecule has 0 spiro atoms. The van der Waals surface area contributed by atoms with Gasteiger partial charge in [0.15, 0.2) is 1.41 Å². The van der Waals surface area contributed by atoms with Crippen LogP contribution in [0.5, 0.6) is 0 Å². The van der Waals surface area contributed by atoms with Gasteiger partial charge in [-0.1, -0.05) is 0 Å².